The van der Waals surface area contributed by atoms with E-state index in [2.05, 4.69) is 13.8 Å². The highest BCUT2D eigenvalue weighted by Crippen LogP contribution is 2.36. The molecule has 2 atom stereocenters. The van der Waals surface area contributed by atoms with Crippen molar-refractivity contribution in [2.45, 2.75) is 32.2 Å². The lowest BCUT2D eigenvalue weighted by Crippen LogP contribution is -2.28. The van der Waals surface area contributed by atoms with Gasteiger partial charge in [-0.1, -0.05) is 13.8 Å². The molecule has 0 radical (unpaired) electrons. The first-order chi connectivity index (χ1) is 8.59. The van der Waals surface area contributed by atoms with Crippen LogP contribution >= 0.6 is 0 Å². The number of nitrogens with zero attached hydrogens (tertiary/aromatic N) is 2. The van der Waals surface area contributed by atoms with E-state index in [0.717, 1.165) is 0 Å². The summed E-state index contributed by atoms with van der Waals surface area (Å²) in [5.41, 5.74) is 0. The van der Waals surface area contributed by atoms with Crippen LogP contribution < -0.4 is 5.01 Å². The van der Waals surface area contributed by atoms with Gasteiger partial charge in [0.2, 0.25) is 11.8 Å². The molecule has 0 spiro atoms. The molecular formula is C12H18N2O4. The molecule has 2 unspecified atom stereocenters. The van der Waals surface area contributed by atoms with E-state index in [1.165, 1.54) is 16.8 Å². The fourth-order valence-electron chi connectivity index (χ4n) is 2.46. The van der Waals surface area contributed by atoms with Crippen LogP contribution in [0.2, 0.25) is 0 Å². The lowest BCUT2D eigenvalue weighted by Gasteiger charge is -2.22. The second kappa shape index (κ2) is 4.07. The predicted molar refractivity (Wildman–Crippen MR) is 64.1 cm³/mol. The molecule has 0 saturated carbocycles. The van der Waals surface area contributed by atoms with E-state index in [4.69, 9.17) is 9.47 Å². The standard InChI is InChI=1S/C12H18N2O4/c1-7(2)12-17-5-8-9(6-18-12)13(8)14-10(15)3-4-11(14)16/h3-4,7-9,12,15-16H,5-6H2,1-2H3. The number of aromatic nitrogens is 1. The molecule has 2 N–H and O–H groups in total. The minimum atomic E-state index is -0.161. The Kier molecular flexibility index (Phi) is 2.64. The molecule has 0 aromatic carbocycles. The van der Waals surface area contributed by atoms with Crippen LogP contribution in [0.1, 0.15) is 13.8 Å². The third-order valence-electron chi connectivity index (χ3n) is 3.49. The van der Waals surface area contributed by atoms with Gasteiger partial charge in [0, 0.05) is 18.1 Å². The van der Waals surface area contributed by atoms with E-state index in [9.17, 15) is 10.2 Å². The molecule has 1 aromatic rings. The first kappa shape index (κ1) is 11.7. The van der Waals surface area contributed by atoms with E-state index < -0.39 is 0 Å². The molecule has 6 heteroatoms. The van der Waals surface area contributed by atoms with E-state index in [0.29, 0.717) is 19.1 Å². The van der Waals surface area contributed by atoms with Crippen LogP contribution in [0.4, 0.5) is 0 Å². The molecule has 2 aliphatic heterocycles. The van der Waals surface area contributed by atoms with Crippen LogP contribution in [-0.2, 0) is 9.47 Å². The maximum Gasteiger partial charge on any atom is 0.213 e. The van der Waals surface area contributed by atoms with E-state index in [1.807, 2.05) is 5.01 Å². The van der Waals surface area contributed by atoms with Gasteiger partial charge in [-0.2, -0.15) is 4.68 Å². The third kappa shape index (κ3) is 1.72. The highest BCUT2D eigenvalue weighted by molar-refractivity contribution is 5.35. The van der Waals surface area contributed by atoms with Gasteiger partial charge in [-0.05, 0) is 0 Å². The molecule has 0 bridgehead atoms. The predicted octanol–water partition coefficient (Wildman–Crippen LogP) is 0.617. The number of aromatic hydroxyl groups is 2. The van der Waals surface area contributed by atoms with Crippen LogP contribution in [0.15, 0.2) is 12.1 Å². The van der Waals surface area contributed by atoms with Gasteiger partial charge in [-0.15, -0.1) is 0 Å². The van der Waals surface area contributed by atoms with Crippen molar-refractivity contribution < 1.29 is 19.7 Å². The molecule has 2 aliphatic rings. The van der Waals surface area contributed by atoms with Crippen LogP contribution in [-0.4, -0.2) is 46.5 Å². The van der Waals surface area contributed by atoms with Crippen molar-refractivity contribution in [3.05, 3.63) is 12.1 Å². The summed E-state index contributed by atoms with van der Waals surface area (Å²) in [5, 5.41) is 21.2. The van der Waals surface area contributed by atoms with Crippen molar-refractivity contribution >= 4 is 0 Å². The average Bonchev–Trinajstić information content (AvgIpc) is 2.94. The third-order valence-corrected chi connectivity index (χ3v) is 3.49. The topological polar surface area (TPSA) is 66.9 Å². The monoisotopic (exact) mass is 254 g/mol. The maximum atomic E-state index is 9.68. The normalized spacial score (nSPS) is 31.3. The summed E-state index contributed by atoms with van der Waals surface area (Å²) >= 11 is 0. The number of hydrogen-bond acceptors (Lipinski definition) is 5. The van der Waals surface area contributed by atoms with Crippen molar-refractivity contribution in [3.8, 4) is 11.8 Å². The Labute approximate surface area is 105 Å². The minimum Gasteiger partial charge on any atom is -0.493 e. The van der Waals surface area contributed by atoms with Crippen LogP contribution in [0.5, 0.6) is 11.8 Å². The fourth-order valence-corrected chi connectivity index (χ4v) is 2.46. The number of fused-ring (bicyclic) bond motifs is 1. The Morgan fingerprint density at radius 3 is 2.06 bits per heavy atom. The Balaban J connectivity index is 1.72. The maximum absolute atomic E-state index is 9.68. The largest absolute Gasteiger partial charge is 0.493 e. The SMILES string of the molecule is CC(C)C1OCC2C(CO1)N2n1c(O)ccc1O. The molecule has 0 amide bonds. The van der Waals surface area contributed by atoms with Gasteiger partial charge in [0.15, 0.2) is 6.29 Å². The van der Waals surface area contributed by atoms with Crippen LogP contribution in [0, 0.1) is 5.92 Å². The van der Waals surface area contributed by atoms with Gasteiger partial charge >= 0.3 is 0 Å². The number of hydrogen-bond donors (Lipinski definition) is 2. The summed E-state index contributed by atoms with van der Waals surface area (Å²) in [5.74, 6) is 0.381. The van der Waals surface area contributed by atoms with E-state index in [1.54, 1.807) is 0 Å². The lowest BCUT2D eigenvalue weighted by molar-refractivity contribution is -0.155. The zero-order valence-electron chi connectivity index (χ0n) is 10.5. The Morgan fingerprint density at radius 1 is 1.11 bits per heavy atom. The van der Waals surface area contributed by atoms with E-state index >= 15 is 0 Å². The molecular weight excluding hydrogens is 236 g/mol. The van der Waals surface area contributed by atoms with Gasteiger partial charge in [-0.3, -0.25) is 5.01 Å². The number of rotatable bonds is 2. The zero-order chi connectivity index (χ0) is 12.9. The first-order valence-electron chi connectivity index (χ1n) is 6.21. The van der Waals surface area contributed by atoms with Gasteiger partial charge in [-0.25, -0.2) is 0 Å². The van der Waals surface area contributed by atoms with Gasteiger partial charge in [0.25, 0.3) is 0 Å². The average molecular weight is 254 g/mol. The lowest BCUT2D eigenvalue weighted by atomic mass is 10.2. The van der Waals surface area contributed by atoms with E-state index in [-0.39, 0.29) is 30.1 Å². The van der Waals surface area contributed by atoms with Crippen molar-refractivity contribution in [3.63, 3.8) is 0 Å². The molecule has 2 saturated heterocycles. The van der Waals surface area contributed by atoms with Crippen molar-refractivity contribution in [2.75, 3.05) is 18.2 Å². The molecule has 0 aliphatic carbocycles. The smallest absolute Gasteiger partial charge is 0.213 e. The Bertz CT molecular complexity index is 412. The summed E-state index contributed by atoms with van der Waals surface area (Å²) in [6, 6.07) is 3.23. The summed E-state index contributed by atoms with van der Waals surface area (Å²) in [7, 11) is 0. The zero-order valence-corrected chi connectivity index (χ0v) is 10.5. The van der Waals surface area contributed by atoms with Gasteiger partial charge < -0.3 is 19.7 Å². The summed E-state index contributed by atoms with van der Waals surface area (Å²) in [6.07, 6.45) is -0.161. The molecule has 6 nitrogen and oxygen atoms in total. The van der Waals surface area contributed by atoms with Crippen molar-refractivity contribution in [2.24, 2.45) is 5.92 Å². The Hall–Kier alpha value is -1.40. The minimum absolute atomic E-state index is 0.0287. The molecule has 100 valence electrons. The van der Waals surface area contributed by atoms with Crippen molar-refractivity contribution in [1.29, 1.82) is 0 Å². The highest BCUT2D eigenvalue weighted by atomic mass is 16.7. The van der Waals surface area contributed by atoms with Crippen LogP contribution in [0.3, 0.4) is 0 Å². The van der Waals surface area contributed by atoms with Gasteiger partial charge in [0.1, 0.15) is 0 Å². The Morgan fingerprint density at radius 2 is 1.61 bits per heavy atom. The highest BCUT2D eigenvalue weighted by Gasteiger charge is 2.52. The molecule has 18 heavy (non-hydrogen) atoms. The van der Waals surface area contributed by atoms with Gasteiger partial charge in [0.05, 0.1) is 25.3 Å². The first-order valence-corrected chi connectivity index (χ1v) is 6.21. The molecule has 1 aromatic heterocycles. The summed E-state index contributed by atoms with van der Waals surface area (Å²) < 4.78 is 12.8. The summed E-state index contributed by atoms with van der Waals surface area (Å²) in [4.78, 5) is 0. The second-order valence-corrected chi connectivity index (χ2v) is 5.16. The summed E-state index contributed by atoms with van der Waals surface area (Å²) in [6.45, 7) is 5.21. The number of ether oxygens (including phenoxy) is 2. The van der Waals surface area contributed by atoms with Crippen LogP contribution in [0.25, 0.3) is 0 Å². The molecule has 2 fully saturated rings. The second-order valence-electron chi connectivity index (χ2n) is 5.16. The molecule has 3 heterocycles. The fraction of sp³-hybridized carbons (Fsp3) is 0.667. The quantitative estimate of drug-likeness (QED) is 0.757. The van der Waals surface area contributed by atoms with Crippen molar-refractivity contribution in [1.82, 2.24) is 4.68 Å². The molecule has 3 rings (SSSR count).